The van der Waals surface area contributed by atoms with Gasteiger partial charge in [0, 0.05) is 5.25 Å². The average molecular weight is 307 g/mol. The summed E-state index contributed by atoms with van der Waals surface area (Å²) in [7, 11) is 1.40. The maximum Gasteiger partial charge on any atom is 0.330 e. The highest BCUT2D eigenvalue weighted by Gasteiger charge is 2.36. The molecule has 1 unspecified atom stereocenters. The van der Waals surface area contributed by atoms with E-state index in [9.17, 15) is 4.79 Å². The molecule has 2 N–H and O–H groups in total. The van der Waals surface area contributed by atoms with Gasteiger partial charge in [0.05, 0.1) is 7.11 Å². The van der Waals surface area contributed by atoms with Gasteiger partial charge in [0.25, 0.3) is 0 Å². The summed E-state index contributed by atoms with van der Waals surface area (Å²) in [4.78, 5) is 12.2. The van der Waals surface area contributed by atoms with E-state index < -0.39 is 5.54 Å². The number of methoxy groups -OCH3 is 1. The molecule has 0 spiro atoms. The summed E-state index contributed by atoms with van der Waals surface area (Å²) in [6, 6.07) is 9.56. The molecule has 0 aromatic heterocycles. The molecule has 1 saturated carbocycles. The van der Waals surface area contributed by atoms with Gasteiger partial charge in [-0.15, -0.1) is 0 Å². The van der Waals surface area contributed by atoms with E-state index in [1.165, 1.54) is 39.2 Å². The molecule has 1 aromatic rings. The van der Waals surface area contributed by atoms with E-state index in [4.69, 9.17) is 10.5 Å². The Morgan fingerprint density at radius 2 is 1.95 bits per heavy atom. The van der Waals surface area contributed by atoms with Crippen LogP contribution in [0.2, 0.25) is 0 Å². The third-order valence-corrected chi connectivity index (χ3v) is 5.62. The molecule has 1 atom stereocenters. The Kier molecular flexibility index (Phi) is 6.12. The highest BCUT2D eigenvalue weighted by molar-refractivity contribution is 7.99. The van der Waals surface area contributed by atoms with Crippen LogP contribution in [0.1, 0.15) is 44.1 Å². The van der Waals surface area contributed by atoms with Crippen LogP contribution in [0.25, 0.3) is 0 Å². The summed E-state index contributed by atoms with van der Waals surface area (Å²) in [6.45, 7) is 0. The van der Waals surface area contributed by atoms with Crippen LogP contribution < -0.4 is 5.73 Å². The minimum Gasteiger partial charge on any atom is -0.467 e. The molecule has 0 bridgehead atoms. The highest BCUT2D eigenvalue weighted by Crippen LogP contribution is 2.32. The number of carbonyl (C=O) groups is 1. The normalized spacial score (nSPS) is 19.0. The zero-order valence-corrected chi connectivity index (χ0v) is 13.5. The SMILES string of the molecule is COC(=O)C(N)(CCSC1CCCCC1)c1ccccc1. The van der Waals surface area contributed by atoms with Gasteiger partial charge in [-0.3, -0.25) is 0 Å². The quantitative estimate of drug-likeness (QED) is 0.818. The van der Waals surface area contributed by atoms with E-state index >= 15 is 0 Å². The Bertz CT molecular complexity index is 445. The molecule has 21 heavy (non-hydrogen) atoms. The average Bonchev–Trinajstić information content (AvgIpc) is 2.55. The minimum absolute atomic E-state index is 0.349. The topological polar surface area (TPSA) is 52.3 Å². The van der Waals surface area contributed by atoms with Crippen molar-refractivity contribution in [2.45, 2.75) is 49.3 Å². The van der Waals surface area contributed by atoms with Crippen LogP contribution in [0.15, 0.2) is 30.3 Å². The summed E-state index contributed by atoms with van der Waals surface area (Å²) >= 11 is 1.96. The summed E-state index contributed by atoms with van der Waals surface area (Å²) in [6.07, 6.45) is 7.24. The van der Waals surface area contributed by atoms with Crippen molar-refractivity contribution >= 4 is 17.7 Å². The predicted octanol–water partition coefficient (Wildman–Crippen LogP) is 3.47. The molecular weight excluding hydrogens is 282 g/mol. The van der Waals surface area contributed by atoms with Gasteiger partial charge < -0.3 is 10.5 Å². The first-order chi connectivity index (χ1) is 10.2. The Morgan fingerprint density at radius 3 is 2.57 bits per heavy atom. The van der Waals surface area contributed by atoms with Crippen LogP contribution in [0, 0.1) is 0 Å². The number of benzene rings is 1. The van der Waals surface area contributed by atoms with Crippen LogP contribution in [0.3, 0.4) is 0 Å². The molecule has 1 fully saturated rings. The minimum atomic E-state index is -1.03. The van der Waals surface area contributed by atoms with Crippen LogP contribution in [0.4, 0.5) is 0 Å². The zero-order valence-electron chi connectivity index (χ0n) is 12.7. The monoisotopic (exact) mass is 307 g/mol. The van der Waals surface area contributed by atoms with Crippen molar-refractivity contribution in [1.29, 1.82) is 0 Å². The fourth-order valence-electron chi connectivity index (χ4n) is 2.90. The van der Waals surface area contributed by atoms with Gasteiger partial charge in [0.2, 0.25) is 0 Å². The predicted molar refractivity (Wildman–Crippen MR) is 88.3 cm³/mol. The Hall–Kier alpha value is -1.00. The molecule has 0 saturated heterocycles. The van der Waals surface area contributed by atoms with Gasteiger partial charge in [-0.1, -0.05) is 49.6 Å². The number of thioether (sulfide) groups is 1. The fourth-order valence-corrected chi connectivity index (χ4v) is 4.34. The molecule has 116 valence electrons. The summed E-state index contributed by atoms with van der Waals surface area (Å²) in [5.74, 6) is 0.545. The van der Waals surface area contributed by atoms with E-state index in [0.717, 1.165) is 16.6 Å². The molecule has 4 heteroatoms. The molecule has 0 amide bonds. The van der Waals surface area contributed by atoms with E-state index in [2.05, 4.69) is 0 Å². The van der Waals surface area contributed by atoms with Crippen molar-refractivity contribution < 1.29 is 9.53 Å². The highest BCUT2D eigenvalue weighted by atomic mass is 32.2. The molecule has 1 aliphatic rings. The molecule has 0 aliphatic heterocycles. The van der Waals surface area contributed by atoms with Gasteiger partial charge in [0.15, 0.2) is 0 Å². The molecule has 0 heterocycles. The lowest BCUT2D eigenvalue weighted by molar-refractivity contribution is -0.147. The Labute approximate surface area is 131 Å². The van der Waals surface area contributed by atoms with Crippen LogP contribution in [-0.4, -0.2) is 24.1 Å². The second kappa shape index (κ2) is 7.85. The maximum atomic E-state index is 12.2. The van der Waals surface area contributed by atoms with Crippen molar-refractivity contribution in [3.63, 3.8) is 0 Å². The van der Waals surface area contributed by atoms with Gasteiger partial charge in [-0.05, 0) is 30.6 Å². The number of hydrogen-bond acceptors (Lipinski definition) is 4. The summed E-state index contributed by atoms with van der Waals surface area (Å²) < 4.78 is 4.94. The zero-order chi connectivity index (χ0) is 15.1. The summed E-state index contributed by atoms with van der Waals surface area (Å²) in [5.41, 5.74) is 6.21. The van der Waals surface area contributed by atoms with E-state index in [-0.39, 0.29) is 5.97 Å². The first kappa shape index (κ1) is 16.4. The van der Waals surface area contributed by atoms with Crippen LogP contribution >= 0.6 is 11.8 Å². The second-order valence-electron chi connectivity index (χ2n) is 5.71. The molecule has 1 aliphatic carbocycles. The molecule has 2 rings (SSSR count). The Balaban J connectivity index is 1.98. The molecule has 1 aromatic carbocycles. The first-order valence-electron chi connectivity index (χ1n) is 7.71. The molecule has 0 radical (unpaired) electrons. The number of hydrogen-bond donors (Lipinski definition) is 1. The lowest BCUT2D eigenvalue weighted by atomic mass is 9.88. The second-order valence-corrected chi connectivity index (χ2v) is 7.12. The lowest BCUT2D eigenvalue weighted by Gasteiger charge is -2.28. The molecular formula is C17H25NO2S. The fraction of sp³-hybridized carbons (Fsp3) is 0.588. The van der Waals surface area contributed by atoms with Gasteiger partial charge in [-0.25, -0.2) is 4.79 Å². The van der Waals surface area contributed by atoms with Crippen LogP contribution in [0.5, 0.6) is 0 Å². The van der Waals surface area contributed by atoms with E-state index in [1.54, 1.807) is 0 Å². The lowest BCUT2D eigenvalue weighted by Crippen LogP contribution is -2.46. The Morgan fingerprint density at radius 1 is 1.29 bits per heavy atom. The van der Waals surface area contributed by atoms with Gasteiger partial charge >= 0.3 is 5.97 Å². The first-order valence-corrected chi connectivity index (χ1v) is 8.76. The number of rotatable bonds is 6. The maximum absolute atomic E-state index is 12.2. The standard InChI is InChI=1S/C17H25NO2S/c1-20-16(19)17(18,14-8-4-2-5-9-14)12-13-21-15-10-6-3-7-11-15/h2,4-5,8-9,15H,3,6-7,10-13,18H2,1H3. The van der Waals surface area contributed by atoms with Crippen molar-refractivity contribution in [3.05, 3.63) is 35.9 Å². The number of ether oxygens (including phenoxy) is 1. The number of esters is 1. The van der Waals surface area contributed by atoms with Gasteiger partial charge in [-0.2, -0.15) is 11.8 Å². The summed E-state index contributed by atoms with van der Waals surface area (Å²) in [5, 5.41) is 0.733. The third-order valence-electron chi connectivity index (χ3n) is 4.24. The van der Waals surface area contributed by atoms with Crippen molar-refractivity contribution in [1.82, 2.24) is 0 Å². The molecule has 3 nitrogen and oxygen atoms in total. The van der Waals surface area contributed by atoms with Crippen molar-refractivity contribution in [2.75, 3.05) is 12.9 Å². The number of nitrogens with two attached hydrogens (primary N) is 1. The van der Waals surface area contributed by atoms with Crippen molar-refractivity contribution in [3.8, 4) is 0 Å². The number of carbonyl (C=O) groups excluding carboxylic acids is 1. The van der Waals surface area contributed by atoms with Crippen LogP contribution in [-0.2, 0) is 15.1 Å². The third kappa shape index (κ3) is 4.24. The smallest absolute Gasteiger partial charge is 0.330 e. The van der Waals surface area contributed by atoms with Gasteiger partial charge in [0.1, 0.15) is 5.54 Å². The van der Waals surface area contributed by atoms with Crippen molar-refractivity contribution in [2.24, 2.45) is 5.73 Å². The largest absolute Gasteiger partial charge is 0.467 e. The van der Waals surface area contributed by atoms with E-state index in [1.807, 2.05) is 42.1 Å². The van der Waals surface area contributed by atoms with E-state index in [0.29, 0.717) is 6.42 Å².